The number of anilines is 1. The molecule has 100 valence electrons. The van der Waals surface area contributed by atoms with Crippen LogP contribution in [0.2, 0.25) is 0 Å². The van der Waals surface area contributed by atoms with Gasteiger partial charge in [0.15, 0.2) is 0 Å². The molecule has 1 aromatic carbocycles. The Balaban J connectivity index is 1.87. The van der Waals surface area contributed by atoms with Crippen molar-refractivity contribution < 1.29 is 0 Å². The minimum Gasteiger partial charge on any atom is -0.379 e. The van der Waals surface area contributed by atoms with E-state index in [-0.39, 0.29) is 0 Å². The fourth-order valence-corrected chi connectivity index (χ4v) is 2.63. The molecule has 0 unspecified atom stereocenters. The first kappa shape index (κ1) is 13.1. The maximum Gasteiger partial charge on any atom is 0.106 e. The Labute approximate surface area is 126 Å². The summed E-state index contributed by atoms with van der Waals surface area (Å²) in [5.41, 5.74) is 3.21. The largest absolute Gasteiger partial charge is 0.379 e. The Hall–Kier alpha value is -1.94. The number of hydrogen-bond donors (Lipinski definition) is 1. The van der Waals surface area contributed by atoms with E-state index in [1.165, 1.54) is 10.9 Å². The predicted molar refractivity (Wildman–Crippen MR) is 85.7 cm³/mol. The van der Waals surface area contributed by atoms with Crippen molar-refractivity contribution in [3.05, 3.63) is 64.7 Å². The van der Waals surface area contributed by atoms with E-state index >= 15 is 0 Å². The third kappa shape index (κ3) is 2.65. The highest BCUT2D eigenvalue weighted by Gasteiger charge is 2.03. The van der Waals surface area contributed by atoms with Gasteiger partial charge in [-0.1, -0.05) is 24.3 Å². The second-order valence-corrected chi connectivity index (χ2v) is 5.45. The molecule has 0 spiro atoms. The summed E-state index contributed by atoms with van der Waals surface area (Å²) in [7, 11) is 0. The van der Waals surface area contributed by atoms with Crippen LogP contribution in [-0.2, 0) is 6.54 Å². The summed E-state index contributed by atoms with van der Waals surface area (Å²) in [5.74, 6) is 0. The summed E-state index contributed by atoms with van der Waals surface area (Å²) in [4.78, 5) is 8.69. The highest BCUT2D eigenvalue weighted by atomic mass is 79.9. The summed E-state index contributed by atoms with van der Waals surface area (Å²) in [6.45, 7) is 2.73. The molecule has 1 N–H and O–H groups in total. The maximum absolute atomic E-state index is 4.39. The minimum atomic E-state index is 0.735. The van der Waals surface area contributed by atoms with E-state index in [1.54, 1.807) is 0 Å². The quantitative estimate of drug-likeness (QED) is 0.728. The van der Waals surface area contributed by atoms with Crippen molar-refractivity contribution in [1.29, 1.82) is 0 Å². The fourth-order valence-electron chi connectivity index (χ4n) is 2.23. The lowest BCUT2D eigenvalue weighted by molar-refractivity contribution is 1.09. The van der Waals surface area contributed by atoms with Crippen LogP contribution in [0.4, 0.5) is 5.69 Å². The average molecular weight is 328 g/mol. The number of hydrogen-bond acceptors (Lipinski definition) is 3. The Morgan fingerprint density at radius 3 is 2.80 bits per heavy atom. The first-order valence-corrected chi connectivity index (χ1v) is 7.22. The SMILES string of the molecule is Cc1nc(Br)ccc1NCc1cncc2ccccc12. The molecule has 0 atom stereocenters. The van der Waals surface area contributed by atoms with E-state index in [2.05, 4.69) is 49.4 Å². The molecule has 0 saturated heterocycles. The number of nitrogens with zero attached hydrogens (tertiary/aromatic N) is 2. The van der Waals surface area contributed by atoms with Crippen LogP contribution in [0.1, 0.15) is 11.3 Å². The van der Waals surface area contributed by atoms with Crippen LogP contribution >= 0.6 is 15.9 Å². The van der Waals surface area contributed by atoms with E-state index in [0.29, 0.717) is 0 Å². The Morgan fingerprint density at radius 2 is 1.95 bits per heavy atom. The van der Waals surface area contributed by atoms with Gasteiger partial charge in [-0.25, -0.2) is 4.98 Å². The van der Waals surface area contributed by atoms with Gasteiger partial charge in [-0.2, -0.15) is 0 Å². The molecule has 20 heavy (non-hydrogen) atoms. The van der Waals surface area contributed by atoms with Crippen LogP contribution < -0.4 is 5.32 Å². The molecule has 0 bridgehead atoms. The van der Waals surface area contributed by atoms with Gasteiger partial charge in [0.2, 0.25) is 0 Å². The lowest BCUT2D eigenvalue weighted by Crippen LogP contribution is -2.03. The topological polar surface area (TPSA) is 37.8 Å². The van der Waals surface area contributed by atoms with Gasteiger partial charge in [0.1, 0.15) is 4.60 Å². The molecule has 0 aliphatic carbocycles. The van der Waals surface area contributed by atoms with E-state index in [9.17, 15) is 0 Å². The summed E-state index contributed by atoms with van der Waals surface area (Å²) < 4.78 is 0.854. The average Bonchev–Trinajstić information content (AvgIpc) is 2.46. The van der Waals surface area contributed by atoms with Gasteiger partial charge in [-0.3, -0.25) is 4.98 Å². The molecular formula is C16H14BrN3. The minimum absolute atomic E-state index is 0.735. The molecule has 0 aliphatic rings. The van der Waals surface area contributed by atoms with Crippen LogP contribution in [-0.4, -0.2) is 9.97 Å². The number of halogens is 1. The molecule has 0 saturated carbocycles. The van der Waals surface area contributed by atoms with Gasteiger partial charge >= 0.3 is 0 Å². The highest BCUT2D eigenvalue weighted by molar-refractivity contribution is 9.10. The molecule has 2 heterocycles. The van der Waals surface area contributed by atoms with Gasteiger partial charge in [0.25, 0.3) is 0 Å². The molecule has 0 radical (unpaired) electrons. The lowest BCUT2D eigenvalue weighted by Gasteiger charge is -2.10. The standard InChI is InChI=1S/C16H14BrN3/c1-11-15(6-7-16(17)20-11)19-10-13-9-18-8-12-4-2-3-5-14(12)13/h2-9,19H,10H2,1H3. The van der Waals surface area contributed by atoms with Crippen molar-refractivity contribution in [2.75, 3.05) is 5.32 Å². The van der Waals surface area contributed by atoms with E-state index in [1.807, 2.05) is 37.5 Å². The van der Waals surface area contributed by atoms with Crippen molar-refractivity contribution >= 4 is 32.4 Å². The number of fused-ring (bicyclic) bond motifs is 1. The monoisotopic (exact) mass is 327 g/mol. The predicted octanol–water partition coefficient (Wildman–Crippen LogP) is 4.31. The summed E-state index contributed by atoms with van der Waals surface area (Å²) in [6.07, 6.45) is 3.81. The second-order valence-electron chi connectivity index (χ2n) is 4.64. The first-order valence-electron chi connectivity index (χ1n) is 6.43. The highest BCUT2D eigenvalue weighted by Crippen LogP contribution is 2.20. The maximum atomic E-state index is 4.39. The Bertz CT molecular complexity index is 750. The van der Waals surface area contributed by atoms with Crippen LogP contribution in [0.5, 0.6) is 0 Å². The molecule has 3 nitrogen and oxygen atoms in total. The van der Waals surface area contributed by atoms with E-state index in [4.69, 9.17) is 0 Å². The number of pyridine rings is 2. The van der Waals surface area contributed by atoms with Gasteiger partial charge in [0.05, 0.1) is 11.4 Å². The van der Waals surface area contributed by atoms with Gasteiger partial charge < -0.3 is 5.32 Å². The Morgan fingerprint density at radius 1 is 1.10 bits per heavy atom. The number of rotatable bonds is 3. The zero-order valence-electron chi connectivity index (χ0n) is 11.1. The smallest absolute Gasteiger partial charge is 0.106 e. The van der Waals surface area contributed by atoms with Crippen molar-refractivity contribution in [2.24, 2.45) is 0 Å². The molecule has 0 amide bonds. The molecule has 2 aromatic heterocycles. The summed E-state index contributed by atoms with van der Waals surface area (Å²) in [6, 6.07) is 12.3. The molecule has 0 fully saturated rings. The van der Waals surface area contributed by atoms with Crippen molar-refractivity contribution in [2.45, 2.75) is 13.5 Å². The normalized spacial score (nSPS) is 10.7. The van der Waals surface area contributed by atoms with Crippen LogP contribution in [0.15, 0.2) is 53.4 Å². The van der Waals surface area contributed by atoms with Crippen molar-refractivity contribution in [3.8, 4) is 0 Å². The van der Waals surface area contributed by atoms with Crippen molar-refractivity contribution in [3.63, 3.8) is 0 Å². The zero-order valence-corrected chi connectivity index (χ0v) is 12.7. The van der Waals surface area contributed by atoms with Gasteiger partial charge in [0, 0.05) is 24.3 Å². The molecule has 3 rings (SSSR count). The Kier molecular flexibility index (Phi) is 3.65. The molecule has 4 heteroatoms. The third-order valence-corrected chi connectivity index (χ3v) is 3.71. The first-order chi connectivity index (χ1) is 9.74. The fraction of sp³-hybridized carbons (Fsp3) is 0.125. The number of aryl methyl sites for hydroxylation is 1. The third-order valence-electron chi connectivity index (χ3n) is 3.27. The van der Waals surface area contributed by atoms with E-state index < -0.39 is 0 Å². The van der Waals surface area contributed by atoms with Crippen LogP contribution in [0, 0.1) is 6.92 Å². The lowest BCUT2D eigenvalue weighted by atomic mass is 10.1. The van der Waals surface area contributed by atoms with Crippen LogP contribution in [0.3, 0.4) is 0 Å². The van der Waals surface area contributed by atoms with Gasteiger partial charge in [-0.05, 0) is 45.9 Å². The zero-order chi connectivity index (χ0) is 13.9. The molecule has 3 aromatic rings. The number of benzene rings is 1. The van der Waals surface area contributed by atoms with E-state index in [0.717, 1.165) is 27.9 Å². The summed E-state index contributed by atoms with van der Waals surface area (Å²) in [5, 5.41) is 5.82. The summed E-state index contributed by atoms with van der Waals surface area (Å²) >= 11 is 3.38. The number of nitrogens with one attached hydrogen (secondary N) is 1. The van der Waals surface area contributed by atoms with Crippen molar-refractivity contribution in [1.82, 2.24) is 9.97 Å². The number of aromatic nitrogens is 2. The second kappa shape index (κ2) is 5.59. The van der Waals surface area contributed by atoms with Gasteiger partial charge in [-0.15, -0.1) is 0 Å². The van der Waals surface area contributed by atoms with Crippen LogP contribution in [0.25, 0.3) is 10.8 Å². The molecular weight excluding hydrogens is 314 g/mol. The molecule has 0 aliphatic heterocycles.